The van der Waals surface area contributed by atoms with E-state index in [-0.39, 0.29) is 38.6 Å². The van der Waals surface area contributed by atoms with E-state index in [0.29, 0.717) is 6.42 Å². The van der Waals surface area contributed by atoms with E-state index < -0.39 is 26.5 Å². The second kappa shape index (κ2) is 47.0. The van der Waals surface area contributed by atoms with E-state index in [1.54, 1.807) is 0 Å². The number of unbranched alkanes of at least 4 members (excludes halogenated alkanes) is 31. The van der Waals surface area contributed by atoms with Crippen LogP contribution in [0.4, 0.5) is 0 Å². The minimum atomic E-state index is -4.38. The maximum atomic E-state index is 12.6. The van der Waals surface area contributed by atoms with Crippen LogP contribution >= 0.6 is 7.82 Å². The summed E-state index contributed by atoms with van der Waals surface area (Å²) in [7, 11) is -4.38. The molecule has 2 unspecified atom stereocenters. The fraction of sp³-hybridized carbons (Fsp3) is 0.880. The second-order valence-corrected chi connectivity index (χ2v) is 18.5. The first-order valence-electron chi connectivity index (χ1n) is 25.3. The summed E-state index contributed by atoms with van der Waals surface area (Å²) >= 11 is 0. The zero-order valence-electron chi connectivity index (χ0n) is 39.2. The molecule has 0 amide bonds. The number of nitrogens with two attached hydrogens (primary N) is 1. The largest absolute Gasteiger partial charge is 0.472 e. The van der Waals surface area contributed by atoms with E-state index in [4.69, 9.17) is 24.3 Å². The Morgan fingerprint density at radius 3 is 1.30 bits per heavy atom. The van der Waals surface area contributed by atoms with Crippen molar-refractivity contribution in [3.8, 4) is 0 Å². The molecule has 0 spiro atoms. The van der Waals surface area contributed by atoms with Gasteiger partial charge in [0.25, 0.3) is 0 Å². The Labute approximate surface area is 370 Å². The summed E-state index contributed by atoms with van der Waals surface area (Å²) in [6.07, 6.45) is 52.1. The van der Waals surface area contributed by atoms with Crippen LogP contribution in [0, 0.1) is 0 Å². The molecule has 0 aromatic carbocycles. The predicted octanol–water partition coefficient (Wildman–Crippen LogP) is 15.1. The number of phosphoric ester groups is 1. The molecule has 0 saturated heterocycles. The molecule has 0 radical (unpaired) electrons. The molecule has 0 aliphatic heterocycles. The lowest BCUT2D eigenvalue weighted by molar-refractivity contribution is -0.161. The third-order valence-electron chi connectivity index (χ3n) is 11.1. The van der Waals surface area contributed by atoms with Crippen molar-refractivity contribution in [3.63, 3.8) is 0 Å². The summed E-state index contributed by atoms with van der Waals surface area (Å²) in [5, 5.41) is 0. The van der Waals surface area contributed by atoms with Crippen molar-refractivity contribution >= 4 is 19.8 Å². The molecule has 0 saturated carbocycles. The first kappa shape index (κ1) is 58.5. The molecule has 0 fully saturated rings. The van der Waals surface area contributed by atoms with Gasteiger partial charge >= 0.3 is 19.8 Å². The number of phosphoric acid groups is 1. The average Bonchev–Trinajstić information content (AvgIpc) is 3.24. The molecule has 60 heavy (non-hydrogen) atoms. The summed E-state index contributed by atoms with van der Waals surface area (Å²) < 4.78 is 32.9. The Bertz CT molecular complexity index is 1040. The Kier molecular flexibility index (Phi) is 45.8. The zero-order chi connectivity index (χ0) is 43.9. The molecule has 9 nitrogen and oxygen atoms in total. The van der Waals surface area contributed by atoms with Gasteiger partial charge in [-0.1, -0.05) is 218 Å². The van der Waals surface area contributed by atoms with Crippen LogP contribution in [0.5, 0.6) is 0 Å². The zero-order valence-corrected chi connectivity index (χ0v) is 40.1. The van der Waals surface area contributed by atoms with Crippen molar-refractivity contribution in [1.29, 1.82) is 0 Å². The quantitative estimate of drug-likeness (QED) is 0.0265. The highest BCUT2D eigenvalue weighted by atomic mass is 31.2. The molecule has 0 rings (SSSR count). The second-order valence-electron chi connectivity index (χ2n) is 17.0. The van der Waals surface area contributed by atoms with Gasteiger partial charge in [-0.2, -0.15) is 0 Å². The third-order valence-corrected chi connectivity index (χ3v) is 12.1. The minimum absolute atomic E-state index is 0.0538. The molecule has 0 aromatic heterocycles. The van der Waals surface area contributed by atoms with Gasteiger partial charge in [-0.25, -0.2) is 4.57 Å². The highest BCUT2D eigenvalue weighted by molar-refractivity contribution is 7.47. The Hall–Kier alpha value is -1.51. The molecule has 0 bridgehead atoms. The maximum Gasteiger partial charge on any atom is 0.472 e. The van der Waals surface area contributed by atoms with Gasteiger partial charge in [-0.05, 0) is 44.9 Å². The number of carbonyl (C=O) groups excluding carboxylic acids is 2. The molecule has 0 aromatic rings. The van der Waals surface area contributed by atoms with Gasteiger partial charge in [0.15, 0.2) is 6.10 Å². The monoisotopic (exact) mass is 870 g/mol. The summed E-state index contributed by atoms with van der Waals surface area (Å²) in [4.78, 5) is 35.0. The molecule has 10 heteroatoms. The van der Waals surface area contributed by atoms with Crippen LogP contribution in [0.15, 0.2) is 24.3 Å². The van der Waals surface area contributed by atoms with Gasteiger partial charge in [-0.15, -0.1) is 0 Å². The number of hydrogen-bond acceptors (Lipinski definition) is 8. The fourth-order valence-corrected chi connectivity index (χ4v) is 8.08. The molecule has 354 valence electrons. The first-order chi connectivity index (χ1) is 29.3. The minimum Gasteiger partial charge on any atom is -0.462 e. The van der Waals surface area contributed by atoms with Gasteiger partial charge in [0.1, 0.15) is 6.61 Å². The van der Waals surface area contributed by atoms with Gasteiger partial charge < -0.3 is 20.1 Å². The smallest absolute Gasteiger partial charge is 0.462 e. The van der Waals surface area contributed by atoms with Crippen molar-refractivity contribution in [2.45, 2.75) is 258 Å². The van der Waals surface area contributed by atoms with E-state index in [0.717, 1.165) is 51.4 Å². The normalized spacial score (nSPS) is 13.3. The summed E-state index contributed by atoms with van der Waals surface area (Å²) in [6, 6.07) is 0. The number of carbonyl (C=O) groups is 2. The van der Waals surface area contributed by atoms with Crippen molar-refractivity contribution in [2.24, 2.45) is 5.73 Å². The molecule has 0 aliphatic carbocycles. The van der Waals surface area contributed by atoms with Crippen LogP contribution in [0.2, 0.25) is 0 Å². The summed E-state index contributed by atoms with van der Waals surface area (Å²) in [5.74, 6) is -0.824. The van der Waals surface area contributed by atoms with Gasteiger partial charge in [0.05, 0.1) is 13.2 Å². The summed E-state index contributed by atoms with van der Waals surface area (Å²) in [5.41, 5.74) is 5.36. The lowest BCUT2D eigenvalue weighted by Crippen LogP contribution is -2.29. The van der Waals surface area contributed by atoms with E-state index in [1.165, 1.54) is 167 Å². The van der Waals surface area contributed by atoms with Crippen LogP contribution < -0.4 is 5.73 Å². The fourth-order valence-electron chi connectivity index (χ4n) is 7.31. The van der Waals surface area contributed by atoms with E-state index >= 15 is 0 Å². The SMILES string of the molecule is CCCCC/C=C\C/C=C\CCCCCCCCCC(=O)OC(COC(=O)CCCCCCCCCCCCCCCCCCCCCCCC)COP(=O)(O)OCCN. The van der Waals surface area contributed by atoms with Crippen molar-refractivity contribution < 1.29 is 37.6 Å². The van der Waals surface area contributed by atoms with Crippen LogP contribution in [0.3, 0.4) is 0 Å². The average molecular weight is 870 g/mol. The van der Waals surface area contributed by atoms with Crippen LogP contribution in [-0.2, 0) is 32.7 Å². The van der Waals surface area contributed by atoms with E-state index in [2.05, 4.69) is 38.2 Å². The number of ether oxygens (including phenoxy) is 2. The lowest BCUT2D eigenvalue weighted by Gasteiger charge is -2.19. The molecular formula is C50H96NO8P. The van der Waals surface area contributed by atoms with Gasteiger partial charge in [0.2, 0.25) is 0 Å². The van der Waals surface area contributed by atoms with Gasteiger partial charge in [-0.3, -0.25) is 18.6 Å². The molecule has 2 atom stereocenters. The first-order valence-corrected chi connectivity index (χ1v) is 26.8. The standard InChI is InChI=1S/C50H96NO8P/c1-3-5-7-9-11-13-15-17-19-21-22-23-24-25-27-28-30-32-34-36-38-40-42-49(52)56-46-48(47-58-60(54,55)57-45-44-51)59-50(53)43-41-39-37-35-33-31-29-26-20-18-16-14-12-10-8-6-4-2/h12,14,18,20,48H,3-11,13,15-17,19,21-47,51H2,1-2H3,(H,54,55)/b14-12-,20-18-. The highest BCUT2D eigenvalue weighted by Crippen LogP contribution is 2.43. The highest BCUT2D eigenvalue weighted by Gasteiger charge is 2.26. The Balaban J connectivity index is 4.01. The van der Waals surface area contributed by atoms with Crippen LogP contribution in [0.25, 0.3) is 0 Å². The topological polar surface area (TPSA) is 134 Å². The van der Waals surface area contributed by atoms with Crippen LogP contribution in [-0.4, -0.2) is 49.3 Å². The molecule has 0 heterocycles. The van der Waals surface area contributed by atoms with Crippen molar-refractivity contribution in [1.82, 2.24) is 0 Å². The van der Waals surface area contributed by atoms with Crippen LogP contribution in [0.1, 0.15) is 251 Å². The third kappa shape index (κ3) is 46.0. The number of allylic oxidation sites excluding steroid dienone is 4. The molecule has 0 aliphatic rings. The Morgan fingerprint density at radius 2 is 0.867 bits per heavy atom. The van der Waals surface area contributed by atoms with Crippen molar-refractivity contribution in [3.05, 3.63) is 24.3 Å². The van der Waals surface area contributed by atoms with E-state index in [1.807, 2.05) is 0 Å². The van der Waals surface area contributed by atoms with E-state index in [9.17, 15) is 19.0 Å². The number of esters is 2. The van der Waals surface area contributed by atoms with Crippen molar-refractivity contribution in [2.75, 3.05) is 26.4 Å². The number of rotatable bonds is 48. The lowest BCUT2D eigenvalue weighted by atomic mass is 10.0. The molecular weight excluding hydrogens is 774 g/mol. The Morgan fingerprint density at radius 1 is 0.500 bits per heavy atom. The predicted molar refractivity (Wildman–Crippen MR) is 252 cm³/mol. The maximum absolute atomic E-state index is 12.6. The number of hydrogen-bond donors (Lipinski definition) is 2. The molecule has 3 N–H and O–H groups in total. The summed E-state index contributed by atoms with van der Waals surface area (Å²) in [6.45, 7) is 3.74. The van der Waals surface area contributed by atoms with Gasteiger partial charge in [0, 0.05) is 19.4 Å².